The van der Waals surface area contributed by atoms with Crippen LogP contribution in [0, 0.1) is 0 Å². The lowest BCUT2D eigenvalue weighted by Gasteiger charge is -2.47. The zero-order valence-electron chi connectivity index (χ0n) is 48.8. The van der Waals surface area contributed by atoms with Gasteiger partial charge in [0.2, 0.25) is 5.91 Å². The summed E-state index contributed by atoms with van der Waals surface area (Å²) in [5, 5.41) is 143. The number of amides is 1. The summed E-state index contributed by atoms with van der Waals surface area (Å²) in [5.41, 5.74) is 0. The SMILES string of the molecule is CCCCCCCCCCCCCCCC(=O)N[C@@H](CO[C@@H]1O[C@H](CO[C@@H]2O[C@H](CO[C@@H]3O[C@H](CO)[C@H](O)[C@H](O)[C@H]3O)[C@H](O)[C@H](O[C@H]3O[C@H](C)[C@H](O)[C@H](O)[C@H]3O)[C@H]2O)[C@H](O)[C@H](O)[C@H]1O)[C@H](O)CCCCCCCCCCCCCCC. The Morgan fingerprint density at radius 3 is 1.30 bits per heavy atom. The van der Waals surface area contributed by atoms with Gasteiger partial charge in [0, 0.05) is 6.42 Å². The summed E-state index contributed by atoms with van der Waals surface area (Å²) in [7, 11) is 0. The third kappa shape index (κ3) is 24.4. The van der Waals surface area contributed by atoms with Gasteiger partial charge in [-0.2, -0.15) is 0 Å². The number of unbranched alkanes of at least 4 members (excludes halogenated alkanes) is 24. The van der Waals surface area contributed by atoms with E-state index in [1.807, 2.05) is 0 Å². The molecule has 4 fully saturated rings. The van der Waals surface area contributed by atoms with Gasteiger partial charge in [0.25, 0.3) is 0 Å². The number of carbonyl (C=O) groups excluding carboxylic acids is 1. The van der Waals surface area contributed by atoms with Crippen LogP contribution in [0.4, 0.5) is 0 Å². The maximum Gasteiger partial charge on any atom is 0.220 e. The van der Waals surface area contributed by atoms with Gasteiger partial charge in [-0.3, -0.25) is 4.79 Å². The molecular weight excluding hydrogens is 1060 g/mol. The Hall–Kier alpha value is -1.37. The number of rotatable bonds is 42. The third-order valence-electron chi connectivity index (χ3n) is 16.5. The smallest absolute Gasteiger partial charge is 0.220 e. The van der Waals surface area contributed by atoms with Gasteiger partial charge in [-0.05, 0) is 19.8 Å². The summed E-state index contributed by atoms with van der Waals surface area (Å²) in [4.78, 5) is 13.4. The van der Waals surface area contributed by atoms with Gasteiger partial charge < -0.3 is 110 Å². The molecule has 4 rings (SSSR count). The number of hydrogen-bond donors (Lipinski definition) is 14. The van der Waals surface area contributed by atoms with E-state index >= 15 is 0 Å². The van der Waals surface area contributed by atoms with E-state index in [1.54, 1.807) is 0 Å². The predicted octanol–water partition coefficient (Wildman–Crippen LogP) is 2.11. The van der Waals surface area contributed by atoms with Gasteiger partial charge in [-0.25, -0.2) is 0 Å². The van der Waals surface area contributed by atoms with Crippen LogP contribution in [0.25, 0.3) is 0 Å². The predicted molar refractivity (Wildman–Crippen MR) is 295 cm³/mol. The molecule has 478 valence electrons. The molecule has 0 aromatic rings. The van der Waals surface area contributed by atoms with Crippen molar-refractivity contribution in [3.8, 4) is 0 Å². The first-order valence-electron chi connectivity index (χ1n) is 31.1. The molecule has 81 heavy (non-hydrogen) atoms. The summed E-state index contributed by atoms with van der Waals surface area (Å²) in [6.07, 6.45) is -4.33. The minimum atomic E-state index is -1.96. The number of hydrogen-bond acceptors (Lipinski definition) is 22. The molecule has 23 heteroatoms. The second kappa shape index (κ2) is 40.2. The molecule has 14 N–H and O–H groups in total. The average molecular weight is 1170 g/mol. The fraction of sp³-hybridized carbons (Fsp3) is 0.983. The zero-order valence-corrected chi connectivity index (χ0v) is 48.8. The maximum atomic E-state index is 13.4. The summed E-state index contributed by atoms with van der Waals surface area (Å²) in [6.45, 7) is 3.32. The normalized spacial score (nSPS) is 35.5. The number of aliphatic hydroxyl groups is 13. The molecule has 23 nitrogen and oxygen atoms in total. The van der Waals surface area contributed by atoms with E-state index in [0.717, 1.165) is 44.9 Å². The first-order chi connectivity index (χ1) is 38.9. The van der Waals surface area contributed by atoms with Crippen LogP contribution in [0.15, 0.2) is 0 Å². The second-order valence-corrected chi connectivity index (χ2v) is 23.3. The topological polar surface area (TPSA) is 366 Å². The highest BCUT2D eigenvalue weighted by atomic mass is 16.8. The summed E-state index contributed by atoms with van der Waals surface area (Å²) < 4.78 is 46.1. The Bertz CT molecular complexity index is 1610. The molecule has 0 aromatic carbocycles. The Labute approximate surface area is 480 Å². The van der Waals surface area contributed by atoms with Crippen LogP contribution in [-0.2, 0) is 42.7 Å². The molecule has 0 saturated carbocycles. The lowest BCUT2D eigenvalue weighted by atomic mass is 9.96. The Morgan fingerprint density at radius 1 is 0.432 bits per heavy atom. The van der Waals surface area contributed by atoms with Crippen molar-refractivity contribution in [3.05, 3.63) is 0 Å². The van der Waals surface area contributed by atoms with Gasteiger partial charge in [0.15, 0.2) is 25.2 Å². The Kier molecular flexibility index (Phi) is 35.7. The van der Waals surface area contributed by atoms with Gasteiger partial charge in [-0.15, -0.1) is 0 Å². The van der Waals surface area contributed by atoms with E-state index in [9.17, 15) is 71.2 Å². The van der Waals surface area contributed by atoms with Crippen molar-refractivity contribution in [1.82, 2.24) is 5.32 Å². The van der Waals surface area contributed by atoms with E-state index < -0.39 is 155 Å². The van der Waals surface area contributed by atoms with E-state index in [2.05, 4.69) is 19.2 Å². The van der Waals surface area contributed by atoms with Crippen molar-refractivity contribution < 1.29 is 109 Å². The zero-order chi connectivity index (χ0) is 59.3. The Balaban J connectivity index is 1.37. The van der Waals surface area contributed by atoms with Crippen molar-refractivity contribution in [2.75, 3.05) is 26.4 Å². The number of ether oxygens (including phenoxy) is 8. The molecule has 0 unspecified atom stereocenters. The monoisotopic (exact) mass is 1170 g/mol. The van der Waals surface area contributed by atoms with Crippen molar-refractivity contribution in [2.24, 2.45) is 0 Å². The minimum absolute atomic E-state index is 0.240. The molecule has 1 amide bonds. The summed E-state index contributed by atoms with van der Waals surface area (Å²) in [6, 6.07) is -0.929. The van der Waals surface area contributed by atoms with Gasteiger partial charge in [0.05, 0.1) is 44.7 Å². The molecule has 4 aliphatic heterocycles. The average Bonchev–Trinajstić information content (AvgIpc) is 3.54. The van der Waals surface area contributed by atoms with Crippen LogP contribution in [0.1, 0.15) is 201 Å². The van der Waals surface area contributed by atoms with Crippen LogP contribution in [0.2, 0.25) is 0 Å². The number of aliphatic hydroxyl groups excluding tert-OH is 13. The highest BCUT2D eigenvalue weighted by Crippen LogP contribution is 2.32. The van der Waals surface area contributed by atoms with Gasteiger partial charge in [-0.1, -0.05) is 174 Å². The standard InChI is InChI=1S/C58H109NO22/c1-4-6-8-10-12-14-16-18-20-22-24-26-28-30-38(61)37(59-42(62)31-29-27-25-23-21-19-17-15-13-11-9-7-5-2)33-74-55-51(71)49(69)45(65)40(79-55)34-76-57-53(73)54(81-58-52(72)47(67)43(63)36(3)77-58)46(66)41(80-57)35-75-56-50(70)48(68)44(64)39(32-60)78-56/h36-41,43-58,60-61,63-73H,4-35H2,1-3H3,(H,59,62)/t36-,37+,38-,39-,40-,41-,43+,44+,45+,46+,47+,48+,49+,50-,51-,52-,53-,54+,55-,56-,57-,58-/m1/s1. The largest absolute Gasteiger partial charge is 0.394 e. The van der Waals surface area contributed by atoms with Crippen molar-refractivity contribution in [2.45, 2.75) is 336 Å². The number of carbonyl (C=O) groups is 1. The molecule has 4 saturated heterocycles. The van der Waals surface area contributed by atoms with Crippen molar-refractivity contribution in [3.63, 3.8) is 0 Å². The van der Waals surface area contributed by atoms with Crippen molar-refractivity contribution >= 4 is 5.91 Å². The highest BCUT2D eigenvalue weighted by Gasteiger charge is 2.53. The first kappa shape index (κ1) is 72.1. The molecule has 4 heterocycles. The lowest BCUT2D eigenvalue weighted by Crippen LogP contribution is -2.65. The van der Waals surface area contributed by atoms with E-state index in [4.69, 9.17) is 37.9 Å². The molecule has 0 aliphatic carbocycles. The third-order valence-corrected chi connectivity index (χ3v) is 16.5. The van der Waals surface area contributed by atoms with E-state index in [0.29, 0.717) is 19.3 Å². The molecule has 0 spiro atoms. The molecular formula is C58H109NO22. The van der Waals surface area contributed by atoms with Crippen LogP contribution < -0.4 is 5.32 Å². The first-order valence-corrected chi connectivity index (χ1v) is 31.1. The second-order valence-electron chi connectivity index (χ2n) is 23.3. The Morgan fingerprint density at radius 2 is 0.815 bits per heavy atom. The van der Waals surface area contributed by atoms with Crippen molar-refractivity contribution in [1.29, 1.82) is 0 Å². The molecule has 4 aliphatic rings. The van der Waals surface area contributed by atoms with Crippen LogP contribution >= 0.6 is 0 Å². The van der Waals surface area contributed by atoms with Gasteiger partial charge in [0.1, 0.15) is 91.6 Å². The van der Waals surface area contributed by atoms with Crippen LogP contribution in [0.5, 0.6) is 0 Å². The fourth-order valence-corrected chi connectivity index (χ4v) is 11.0. The molecule has 0 bridgehead atoms. The van der Waals surface area contributed by atoms with Crippen LogP contribution in [-0.4, -0.2) is 234 Å². The molecule has 0 aromatic heterocycles. The molecule has 0 radical (unpaired) electrons. The van der Waals surface area contributed by atoms with Crippen LogP contribution in [0.3, 0.4) is 0 Å². The summed E-state index contributed by atoms with van der Waals surface area (Å²) >= 11 is 0. The minimum Gasteiger partial charge on any atom is -0.394 e. The number of nitrogens with one attached hydrogen (secondary N) is 1. The lowest BCUT2D eigenvalue weighted by molar-refractivity contribution is -0.369. The maximum absolute atomic E-state index is 13.4. The fourth-order valence-electron chi connectivity index (χ4n) is 11.0. The van der Waals surface area contributed by atoms with E-state index in [-0.39, 0.29) is 18.9 Å². The summed E-state index contributed by atoms with van der Waals surface area (Å²) in [5.74, 6) is -0.272. The quantitative estimate of drug-likeness (QED) is 0.0389. The van der Waals surface area contributed by atoms with E-state index in [1.165, 1.54) is 116 Å². The highest BCUT2D eigenvalue weighted by molar-refractivity contribution is 5.76. The molecule has 22 atom stereocenters. The van der Waals surface area contributed by atoms with Gasteiger partial charge >= 0.3 is 0 Å².